The number of aromatic amines is 1. The fraction of sp³-hybridized carbons (Fsp3) is 0.0588. The van der Waals surface area contributed by atoms with Crippen LogP contribution in [-0.4, -0.2) is 14.5 Å². The van der Waals surface area contributed by atoms with Crippen LogP contribution in [0.4, 0.5) is 4.39 Å². The number of rotatable bonds is 1. The van der Waals surface area contributed by atoms with E-state index in [9.17, 15) is 9.18 Å². The summed E-state index contributed by atoms with van der Waals surface area (Å²) in [5.74, 6) is -0.442. The smallest absolute Gasteiger partial charge is 0.304 e. The van der Waals surface area contributed by atoms with Crippen molar-refractivity contribution in [3.63, 3.8) is 0 Å². The van der Waals surface area contributed by atoms with Gasteiger partial charge in [-0.3, -0.25) is 9.55 Å². The second kappa shape index (κ2) is 4.53. The van der Waals surface area contributed by atoms with Gasteiger partial charge in [0.2, 0.25) is 0 Å². The van der Waals surface area contributed by atoms with E-state index in [0.717, 1.165) is 16.5 Å². The van der Waals surface area contributed by atoms with Crippen molar-refractivity contribution in [3.05, 3.63) is 70.5 Å². The number of fused-ring (bicyclic) bond motifs is 3. The Morgan fingerprint density at radius 1 is 1.14 bits per heavy atom. The van der Waals surface area contributed by atoms with Gasteiger partial charge < -0.3 is 4.98 Å². The Bertz CT molecular complexity index is 1080. The highest BCUT2D eigenvalue weighted by Crippen LogP contribution is 2.26. The second-order valence-electron chi connectivity index (χ2n) is 5.21. The van der Waals surface area contributed by atoms with E-state index in [1.165, 1.54) is 10.6 Å². The maximum Gasteiger partial charge on any atom is 0.331 e. The summed E-state index contributed by atoms with van der Waals surface area (Å²) in [5, 5.41) is 0.819. The number of aryl methyl sites for hydroxylation is 1. The molecule has 0 fully saturated rings. The van der Waals surface area contributed by atoms with Gasteiger partial charge in [-0.15, -0.1) is 0 Å². The van der Waals surface area contributed by atoms with E-state index in [1.54, 1.807) is 24.4 Å². The monoisotopic (exact) mass is 293 g/mol. The van der Waals surface area contributed by atoms with Gasteiger partial charge in [0.05, 0.1) is 28.4 Å². The summed E-state index contributed by atoms with van der Waals surface area (Å²) in [6, 6.07) is 12.0. The zero-order chi connectivity index (χ0) is 15.3. The molecule has 4 aromatic rings. The molecule has 0 aliphatic heterocycles. The zero-order valence-electron chi connectivity index (χ0n) is 11.8. The highest BCUT2D eigenvalue weighted by Gasteiger charge is 2.15. The number of H-pyrrole nitrogens is 1. The lowest BCUT2D eigenvalue weighted by atomic mass is 10.1. The maximum absolute atomic E-state index is 14.2. The quantitative estimate of drug-likeness (QED) is 0.585. The summed E-state index contributed by atoms with van der Waals surface area (Å²) < 4.78 is 15.5. The number of para-hydroxylation sites is 2. The van der Waals surface area contributed by atoms with Crippen molar-refractivity contribution in [2.24, 2.45) is 0 Å². The third-order valence-corrected chi connectivity index (χ3v) is 3.83. The first-order chi connectivity index (χ1) is 10.7. The van der Waals surface area contributed by atoms with Gasteiger partial charge >= 0.3 is 5.69 Å². The van der Waals surface area contributed by atoms with Crippen LogP contribution in [0.15, 0.2) is 53.5 Å². The van der Waals surface area contributed by atoms with Crippen molar-refractivity contribution < 1.29 is 4.39 Å². The molecule has 1 N–H and O–H groups in total. The number of hydrogen-bond donors (Lipinski definition) is 1. The molecule has 4 nitrogen and oxygen atoms in total. The van der Waals surface area contributed by atoms with Crippen molar-refractivity contribution >= 4 is 21.9 Å². The SMILES string of the molecule is Cc1cccc2c1ncc1[nH]c(=O)n(-c3ccccc3F)c12. The molecule has 0 atom stereocenters. The number of hydrogen-bond acceptors (Lipinski definition) is 2. The topological polar surface area (TPSA) is 50.7 Å². The lowest BCUT2D eigenvalue weighted by Crippen LogP contribution is -2.15. The fourth-order valence-electron chi connectivity index (χ4n) is 2.82. The van der Waals surface area contributed by atoms with Crippen molar-refractivity contribution in [1.29, 1.82) is 0 Å². The normalized spacial score (nSPS) is 11.4. The largest absolute Gasteiger partial charge is 0.331 e. The van der Waals surface area contributed by atoms with Gasteiger partial charge in [-0.1, -0.05) is 30.3 Å². The first-order valence-corrected chi connectivity index (χ1v) is 6.91. The molecule has 0 aliphatic rings. The van der Waals surface area contributed by atoms with Gasteiger partial charge in [0.15, 0.2) is 0 Å². The number of nitrogens with one attached hydrogen (secondary N) is 1. The molecule has 2 aromatic carbocycles. The predicted molar refractivity (Wildman–Crippen MR) is 83.9 cm³/mol. The third kappa shape index (κ3) is 1.69. The number of benzene rings is 2. The summed E-state index contributed by atoms with van der Waals surface area (Å²) in [7, 11) is 0. The summed E-state index contributed by atoms with van der Waals surface area (Å²) in [5.41, 5.74) is 2.89. The summed E-state index contributed by atoms with van der Waals surface area (Å²) in [6.07, 6.45) is 1.61. The first-order valence-electron chi connectivity index (χ1n) is 6.91. The minimum absolute atomic E-state index is 0.229. The predicted octanol–water partition coefficient (Wildman–Crippen LogP) is 3.31. The minimum Gasteiger partial charge on any atom is -0.304 e. The number of halogens is 1. The molecule has 0 radical (unpaired) electrons. The molecule has 0 saturated carbocycles. The zero-order valence-corrected chi connectivity index (χ0v) is 11.8. The molecule has 5 heteroatoms. The second-order valence-corrected chi connectivity index (χ2v) is 5.21. The van der Waals surface area contributed by atoms with Crippen molar-refractivity contribution in [2.75, 3.05) is 0 Å². The standard InChI is InChI=1S/C17H12FN3O/c1-10-5-4-6-11-15(10)19-9-13-16(11)21(17(22)20-13)14-8-3-2-7-12(14)18/h2-9H,1H3,(H,20,22). The molecule has 22 heavy (non-hydrogen) atoms. The van der Waals surface area contributed by atoms with Gasteiger partial charge in [0.25, 0.3) is 0 Å². The number of aromatic nitrogens is 3. The maximum atomic E-state index is 14.2. The van der Waals surface area contributed by atoms with Crippen molar-refractivity contribution in [2.45, 2.75) is 6.92 Å². The van der Waals surface area contributed by atoms with Crippen molar-refractivity contribution in [1.82, 2.24) is 14.5 Å². The average molecular weight is 293 g/mol. The molecule has 0 unspecified atom stereocenters. The number of pyridine rings is 1. The van der Waals surface area contributed by atoms with E-state index in [2.05, 4.69) is 9.97 Å². The molecule has 0 aliphatic carbocycles. The molecule has 2 aromatic heterocycles. The molecule has 0 saturated heterocycles. The van der Waals surface area contributed by atoms with Crippen LogP contribution in [0.25, 0.3) is 27.6 Å². The molecule has 0 amide bonds. The Kier molecular flexibility index (Phi) is 2.63. The van der Waals surface area contributed by atoms with Gasteiger partial charge in [-0.05, 0) is 24.6 Å². The van der Waals surface area contributed by atoms with E-state index in [1.807, 2.05) is 25.1 Å². The van der Waals surface area contributed by atoms with Crippen LogP contribution in [0.5, 0.6) is 0 Å². The average Bonchev–Trinajstić information content (AvgIpc) is 2.84. The molecular formula is C17H12FN3O. The molecular weight excluding hydrogens is 281 g/mol. The summed E-state index contributed by atoms with van der Waals surface area (Å²) in [6.45, 7) is 1.96. The van der Waals surface area contributed by atoms with Gasteiger partial charge in [-0.25, -0.2) is 9.18 Å². The number of imidazole rings is 1. The van der Waals surface area contributed by atoms with Crippen molar-refractivity contribution in [3.8, 4) is 5.69 Å². The first kappa shape index (κ1) is 12.8. The van der Waals surface area contributed by atoms with E-state index in [-0.39, 0.29) is 11.4 Å². The molecule has 108 valence electrons. The highest BCUT2D eigenvalue weighted by molar-refractivity contribution is 6.03. The molecule has 4 rings (SSSR count). The summed E-state index contributed by atoms with van der Waals surface area (Å²) >= 11 is 0. The van der Waals surface area contributed by atoms with Gasteiger partial charge in [-0.2, -0.15) is 0 Å². The van der Waals surface area contributed by atoms with E-state index in [4.69, 9.17) is 0 Å². The summed E-state index contributed by atoms with van der Waals surface area (Å²) in [4.78, 5) is 19.5. The van der Waals surface area contributed by atoms with Crippen LogP contribution in [0.3, 0.4) is 0 Å². The number of nitrogens with zero attached hydrogens (tertiary/aromatic N) is 2. The highest BCUT2D eigenvalue weighted by atomic mass is 19.1. The van der Waals surface area contributed by atoms with E-state index >= 15 is 0 Å². The van der Waals surface area contributed by atoms with Crippen LogP contribution < -0.4 is 5.69 Å². The van der Waals surface area contributed by atoms with Crippen LogP contribution in [0.2, 0.25) is 0 Å². The van der Waals surface area contributed by atoms with Gasteiger partial charge in [0, 0.05) is 5.39 Å². The molecule has 0 spiro atoms. The fourth-order valence-corrected chi connectivity index (χ4v) is 2.82. The van der Waals surface area contributed by atoms with Crippen LogP contribution in [0.1, 0.15) is 5.56 Å². The Hall–Kier alpha value is -2.95. The minimum atomic E-state index is -0.442. The Labute approximate surface area is 124 Å². The lowest BCUT2D eigenvalue weighted by Gasteiger charge is -2.07. The Morgan fingerprint density at radius 3 is 2.77 bits per heavy atom. The van der Waals surface area contributed by atoms with Crippen LogP contribution in [-0.2, 0) is 0 Å². The van der Waals surface area contributed by atoms with E-state index < -0.39 is 5.82 Å². The third-order valence-electron chi connectivity index (χ3n) is 3.83. The van der Waals surface area contributed by atoms with E-state index in [0.29, 0.717) is 11.0 Å². The van der Waals surface area contributed by atoms with Gasteiger partial charge in [0.1, 0.15) is 5.82 Å². The Morgan fingerprint density at radius 2 is 1.95 bits per heavy atom. The Balaban J connectivity index is 2.24. The molecule has 0 bridgehead atoms. The van der Waals surface area contributed by atoms with Crippen LogP contribution >= 0.6 is 0 Å². The lowest BCUT2D eigenvalue weighted by molar-refractivity contribution is 0.618. The molecule has 2 heterocycles. The van der Waals surface area contributed by atoms with Crippen LogP contribution in [0, 0.1) is 12.7 Å².